The van der Waals surface area contributed by atoms with Crippen molar-refractivity contribution in [3.8, 4) is 0 Å². The van der Waals surface area contributed by atoms with E-state index in [0.29, 0.717) is 0 Å². The van der Waals surface area contributed by atoms with Crippen molar-refractivity contribution in [1.29, 1.82) is 0 Å². The van der Waals surface area contributed by atoms with Gasteiger partial charge in [0.05, 0.1) is 10.4 Å². The number of rotatable bonds is 6. The first-order valence-electron chi connectivity index (χ1n) is 6.97. The van der Waals surface area contributed by atoms with E-state index in [1.807, 2.05) is 17.0 Å². The number of hydrogen-bond donors (Lipinski definition) is 1. The Balaban J connectivity index is 1.83. The maximum absolute atomic E-state index is 12.3. The van der Waals surface area contributed by atoms with Crippen LogP contribution in [0, 0.1) is 0 Å². The lowest BCUT2D eigenvalue weighted by Crippen LogP contribution is -2.51. The van der Waals surface area contributed by atoms with Gasteiger partial charge < -0.3 is 10.2 Å². The summed E-state index contributed by atoms with van der Waals surface area (Å²) in [5.74, 6) is 0.266. The molecule has 1 unspecified atom stereocenters. The van der Waals surface area contributed by atoms with Crippen molar-refractivity contribution in [3.05, 3.63) is 21.3 Å². The molecular formula is C14H21ClN2OS. The summed E-state index contributed by atoms with van der Waals surface area (Å²) in [5.41, 5.74) is 0. The van der Waals surface area contributed by atoms with Crippen molar-refractivity contribution in [2.24, 2.45) is 0 Å². The molecule has 0 saturated carbocycles. The van der Waals surface area contributed by atoms with Gasteiger partial charge in [-0.3, -0.25) is 4.79 Å². The van der Waals surface area contributed by atoms with Gasteiger partial charge >= 0.3 is 0 Å². The van der Waals surface area contributed by atoms with Gasteiger partial charge in [-0.15, -0.1) is 11.3 Å². The monoisotopic (exact) mass is 300 g/mol. The molecule has 19 heavy (non-hydrogen) atoms. The first kappa shape index (κ1) is 14.8. The van der Waals surface area contributed by atoms with Crippen LogP contribution in [-0.4, -0.2) is 36.5 Å². The number of hydrogen-bond acceptors (Lipinski definition) is 3. The molecule has 0 bridgehead atoms. The molecule has 1 aromatic heterocycles. The Labute approximate surface area is 123 Å². The van der Waals surface area contributed by atoms with Gasteiger partial charge in [-0.25, -0.2) is 0 Å². The van der Waals surface area contributed by atoms with Crippen LogP contribution in [0.4, 0.5) is 0 Å². The number of carbonyl (C=O) groups is 1. The van der Waals surface area contributed by atoms with E-state index in [-0.39, 0.29) is 11.9 Å². The lowest BCUT2D eigenvalue weighted by molar-refractivity contribution is -0.135. The van der Waals surface area contributed by atoms with Gasteiger partial charge in [0.25, 0.3) is 0 Å². The number of halogens is 1. The minimum Gasteiger partial charge on any atom is -0.341 e. The van der Waals surface area contributed by atoms with Gasteiger partial charge in [0.1, 0.15) is 0 Å². The molecule has 0 aromatic carbocycles. The molecular weight excluding hydrogens is 280 g/mol. The van der Waals surface area contributed by atoms with E-state index in [0.717, 1.165) is 49.7 Å². The third kappa shape index (κ3) is 4.20. The zero-order chi connectivity index (χ0) is 13.7. The highest BCUT2D eigenvalue weighted by Crippen LogP contribution is 2.22. The van der Waals surface area contributed by atoms with Crippen LogP contribution in [0.15, 0.2) is 12.1 Å². The number of thiophene rings is 1. The maximum atomic E-state index is 12.3. The molecule has 1 aliphatic heterocycles. The zero-order valence-corrected chi connectivity index (χ0v) is 12.9. The molecule has 0 radical (unpaired) electrons. The number of amides is 1. The topological polar surface area (TPSA) is 32.3 Å². The molecule has 0 spiro atoms. The van der Waals surface area contributed by atoms with Crippen LogP contribution >= 0.6 is 22.9 Å². The van der Waals surface area contributed by atoms with Crippen LogP contribution in [-0.2, 0) is 11.2 Å². The number of nitrogens with one attached hydrogen (secondary N) is 1. The third-order valence-corrected chi connectivity index (χ3v) is 4.72. The van der Waals surface area contributed by atoms with Gasteiger partial charge in [-0.2, -0.15) is 0 Å². The normalized spacial score (nSPS) is 20.0. The minimum atomic E-state index is 0.0284. The molecule has 106 valence electrons. The van der Waals surface area contributed by atoms with Crippen molar-refractivity contribution >= 4 is 28.8 Å². The SMILES string of the molecule is CCCNC1CCCN(CCc2ccc(Cl)s2)C1=O. The molecule has 1 aliphatic rings. The molecule has 1 fully saturated rings. The quantitative estimate of drug-likeness (QED) is 0.876. The largest absolute Gasteiger partial charge is 0.341 e. The van der Waals surface area contributed by atoms with Crippen LogP contribution in [0.5, 0.6) is 0 Å². The van der Waals surface area contributed by atoms with Crippen LogP contribution in [0.1, 0.15) is 31.1 Å². The van der Waals surface area contributed by atoms with E-state index in [2.05, 4.69) is 12.2 Å². The molecule has 1 N–H and O–H groups in total. The van der Waals surface area contributed by atoms with Crippen molar-refractivity contribution in [2.45, 2.75) is 38.6 Å². The van der Waals surface area contributed by atoms with Crippen molar-refractivity contribution in [1.82, 2.24) is 10.2 Å². The predicted molar refractivity (Wildman–Crippen MR) is 80.9 cm³/mol. The average Bonchev–Trinajstić information content (AvgIpc) is 2.82. The van der Waals surface area contributed by atoms with E-state index in [4.69, 9.17) is 11.6 Å². The fraction of sp³-hybridized carbons (Fsp3) is 0.643. The van der Waals surface area contributed by atoms with Crippen LogP contribution in [0.25, 0.3) is 0 Å². The van der Waals surface area contributed by atoms with Crippen LogP contribution < -0.4 is 5.32 Å². The summed E-state index contributed by atoms with van der Waals surface area (Å²) in [4.78, 5) is 15.5. The Morgan fingerprint density at radius 1 is 1.53 bits per heavy atom. The Morgan fingerprint density at radius 2 is 2.37 bits per heavy atom. The van der Waals surface area contributed by atoms with E-state index < -0.39 is 0 Å². The molecule has 5 heteroatoms. The lowest BCUT2D eigenvalue weighted by atomic mass is 10.0. The Kier molecular flexibility index (Phi) is 5.67. The Morgan fingerprint density at radius 3 is 3.05 bits per heavy atom. The average molecular weight is 301 g/mol. The fourth-order valence-corrected chi connectivity index (χ4v) is 3.48. The highest BCUT2D eigenvalue weighted by atomic mass is 35.5. The predicted octanol–water partition coefficient (Wildman–Crippen LogP) is 2.93. The molecule has 0 aliphatic carbocycles. The van der Waals surface area contributed by atoms with Gasteiger partial charge in [-0.05, 0) is 44.4 Å². The molecule has 1 atom stereocenters. The second-order valence-corrected chi connectivity index (χ2v) is 6.73. The first-order valence-corrected chi connectivity index (χ1v) is 8.16. The highest BCUT2D eigenvalue weighted by Gasteiger charge is 2.27. The van der Waals surface area contributed by atoms with Crippen molar-refractivity contribution < 1.29 is 4.79 Å². The summed E-state index contributed by atoms with van der Waals surface area (Å²) < 4.78 is 0.822. The number of likely N-dealkylation sites (tertiary alicyclic amines) is 1. The van der Waals surface area contributed by atoms with Gasteiger partial charge in [0.2, 0.25) is 5.91 Å². The van der Waals surface area contributed by atoms with E-state index in [9.17, 15) is 4.79 Å². The van der Waals surface area contributed by atoms with Crippen molar-refractivity contribution in [2.75, 3.05) is 19.6 Å². The summed E-state index contributed by atoms with van der Waals surface area (Å²) >= 11 is 7.52. The number of nitrogens with zero attached hydrogens (tertiary/aromatic N) is 1. The molecule has 1 amide bonds. The summed E-state index contributed by atoms with van der Waals surface area (Å²) in [6.07, 6.45) is 4.04. The smallest absolute Gasteiger partial charge is 0.239 e. The molecule has 2 rings (SSSR count). The summed E-state index contributed by atoms with van der Waals surface area (Å²) in [6.45, 7) is 4.74. The minimum absolute atomic E-state index is 0.0284. The summed E-state index contributed by atoms with van der Waals surface area (Å²) in [7, 11) is 0. The van der Waals surface area contributed by atoms with Crippen molar-refractivity contribution in [3.63, 3.8) is 0 Å². The summed E-state index contributed by atoms with van der Waals surface area (Å²) in [5, 5.41) is 3.34. The zero-order valence-electron chi connectivity index (χ0n) is 11.3. The van der Waals surface area contributed by atoms with E-state index >= 15 is 0 Å². The number of piperidine rings is 1. The van der Waals surface area contributed by atoms with Gasteiger partial charge in [-0.1, -0.05) is 18.5 Å². The van der Waals surface area contributed by atoms with Crippen LogP contribution in [0.2, 0.25) is 4.34 Å². The molecule has 2 heterocycles. The molecule has 1 aromatic rings. The molecule has 1 saturated heterocycles. The third-order valence-electron chi connectivity index (χ3n) is 3.43. The second-order valence-electron chi connectivity index (χ2n) is 4.93. The lowest BCUT2D eigenvalue weighted by Gasteiger charge is -2.32. The standard InChI is InChI=1S/C14H21ClN2OS/c1-2-8-16-12-4-3-9-17(14(12)18)10-7-11-5-6-13(15)19-11/h5-6,12,16H,2-4,7-10H2,1H3. The van der Waals surface area contributed by atoms with Gasteiger partial charge in [0, 0.05) is 18.0 Å². The maximum Gasteiger partial charge on any atom is 0.239 e. The van der Waals surface area contributed by atoms with Crippen LogP contribution in [0.3, 0.4) is 0 Å². The Hall–Kier alpha value is -0.580. The Bertz CT molecular complexity index is 421. The summed E-state index contributed by atoms with van der Waals surface area (Å²) in [6, 6.07) is 4.00. The second kappa shape index (κ2) is 7.27. The molecule has 3 nitrogen and oxygen atoms in total. The fourth-order valence-electron chi connectivity index (χ4n) is 2.40. The van der Waals surface area contributed by atoms with E-state index in [1.165, 1.54) is 4.88 Å². The van der Waals surface area contributed by atoms with E-state index in [1.54, 1.807) is 11.3 Å². The van der Waals surface area contributed by atoms with Gasteiger partial charge in [0.15, 0.2) is 0 Å². The number of carbonyl (C=O) groups excluding carboxylic acids is 1. The first-order chi connectivity index (χ1) is 9.20. The highest BCUT2D eigenvalue weighted by molar-refractivity contribution is 7.16.